The van der Waals surface area contributed by atoms with Crippen molar-refractivity contribution < 1.29 is 9.84 Å². The predicted octanol–water partition coefficient (Wildman–Crippen LogP) is 1.60. The molecule has 0 bridgehead atoms. The van der Waals surface area contributed by atoms with Crippen molar-refractivity contribution in [1.29, 1.82) is 0 Å². The number of rotatable bonds is 6. The van der Waals surface area contributed by atoms with Crippen molar-refractivity contribution in [3.8, 4) is 0 Å². The third-order valence-electron chi connectivity index (χ3n) is 1.95. The molecule has 0 aliphatic rings. The Morgan fingerprint density at radius 3 is 2.64 bits per heavy atom. The van der Waals surface area contributed by atoms with Crippen LogP contribution in [0.1, 0.15) is 19.8 Å². The van der Waals surface area contributed by atoms with Crippen LogP contribution in [-0.2, 0) is 4.74 Å². The van der Waals surface area contributed by atoms with Crippen LogP contribution in [0.15, 0.2) is 12.7 Å². The van der Waals surface area contributed by atoms with Gasteiger partial charge < -0.3 is 9.84 Å². The fourth-order valence-electron chi connectivity index (χ4n) is 0.866. The second-order valence-electron chi connectivity index (χ2n) is 3.11. The number of methoxy groups -OCH3 is 1. The lowest BCUT2D eigenvalue weighted by Gasteiger charge is -2.22. The van der Waals surface area contributed by atoms with Crippen LogP contribution in [0.25, 0.3) is 0 Å². The van der Waals surface area contributed by atoms with Gasteiger partial charge in [-0.2, -0.15) is 0 Å². The second kappa shape index (κ2) is 5.33. The number of hydrogen-bond donors (Lipinski definition) is 1. The zero-order valence-corrected chi connectivity index (χ0v) is 7.47. The molecule has 0 saturated carbocycles. The van der Waals surface area contributed by atoms with Gasteiger partial charge in [-0.3, -0.25) is 0 Å². The molecular formula is C9H18O2. The quantitative estimate of drug-likeness (QED) is 0.470. The van der Waals surface area contributed by atoms with Gasteiger partial charge >= 0.3 is 0 Å². The number of hydrogen-bond acceptors (Lipinski definition) is 2. The van der Waals surface area contributed by atoms with Gasteiger partial charge in [0.2, 0.25) is 0 Å². The first-order chi connectivity index (χ1) is 5.18. The second-order valence-corrected chi connectivity index (χ2v) is 3.11. The van der Waals surface area contributed by atoms with Crippen molar-refractivity contribution in [3.05, 3.63) is 12.7 Å². The summed E-state index contributed by atoms with van der Waals surface area (Å²) in [4.78, 5) is 0. The highest BCUT2D eigenvalue weighted by atomic mass is 16.5. The van der Waals surface area contributed by atoms with Gasteiger partial charge in [0, 0.05) is 19.1 Å². The van der Waals surface area contributed by atoms with Crippen molar-refractivity contribution in [3.63, 3.8) is 0 Å². The van der Waals surface area contributed by atoms with E-state index in [0.29, 0.717) is 0 Å². The minimum absolute atomic E-state index is 0.126. The molecule has 0 saturated heterocycles. The highest BCUT2D eigenvalue weighted by molar-refractivity contribution is 4.90. The van der Waals surface area contributed by atoms with E-state index in [1.54, 1.807) is 7.11 Å². The molecule has 0 rings (SSSR count). The van der Waals surface area contributed by atoms with Crippen LogP contribution in [0.4, 0.5) is 0 Å². The average Bonchev–Trinajstić information content (AvgIpc) is 2.05. The van der Waals surface area contributed by atoms with E-state index in [-0.39, 0.29) is 12.0 Å². The lowest BCUT2D eigenvalue weighted by atomic mass is 9.87. The van der Waals surface area contributed by atoms with Crippen molar-refractivity contribution >= 4 is 0 Å². The summed E-state index contributed by atoms with van der Waals surface area (Å²) < 4.78 is 4.91. The Hall–Kier alpha value is -0.340. The molecule has 0 aromatic rings. The minimum Gasteiger partial charge on any atom is -0.395 e. The van der Waals surface area contributed by atoms with E-state index in [9.17, 15) is 0 Å². The highest BCUT2D eigenvalue weighted by Crippen LogP contribution is 2.23. The molecule has 0 spiro atoms. The molecule has 1 N–H and O–H groups in total. The van der Waals surface area contributed by atoms with Crippen LogP contribution >= 0.6 is 0 Å². The fourth-order valence-corrected chi connectivity index (χ4v) is 0.866. The van der Waals surface area contributed by atoms with Gasteiger partial charge in [-0.15, -0.1) is 6.58 Å². The Balaban J connectivity index is 3.60. The zero-order chi connectivity index (χ0) is 8.74. The largest absolute Gasteiger partial charge is 0.395 e. The normalized spacial score (nSPS) is 15.9. The van der Waals surface area contributed by atoms with Crippen molar-refractivity contribution in [2.75, 3.05) is 20.3 Å². The lowest BCUT2D eigenvalue weighted by Crippen LogP contribution is -2.18. The van der Waals surface area contributed by atoms with Gasteiger partial charge in [0.25, 0.3) is 0 Å². The monoisotopic (exact) mass is 158 g/mol. The Bertz CT molecular complexity index is 112. The fraction of sp³-hybridized carbons (Fsp3) is 0.778. The first-order valence-corrected chi connectivity index (χ1v) is 3.92. The van der Waals surface area contributed by atoms with Crippen molar-refractivity contribution in [2.45, 2.75) is 19.8 Å². The zero-order valence-electron chi connectivity index (χ0n) is 7.47. The molecule has 2 nitrogen and oxygen atoms in total. The molecule has 11 heavy (non-hydrogen) atoms. The third kappa shape index (κ3) is 4.17. The molecule has 0 radical (unpaired) electrons. The maximum absolute atomic E-state index is 8.97. The minimum atomic E-state index is -0.126. The van der Waals surface area contributed by atoms with Crippen molar-refractivity contribution in [1.82, 2.24) is 0 Å². The van der Waals surface area contributed by atoms with Gasteiger partial charge in [-0.25, -0.2) is 0 Å². The van der Waals surface area contributed by atoms with Crippen LogP contribution in [0.3, 0.4) is 0 Å². The molecule has 0 amide bonds. The summed E-state index contributed by atoms with van der Waals surface area (Å²) in [5.41, 5.74) is -0.126. The molecule has 1 unspecified atom stereocenters. The molecule has 0 heterocycles. The van der Waals surface area contributed by atoms with Crippen LogP contribution < -0.4 is 0 Å². The maximum atomic E-state index is 8.97. The highest BCUT2D eigenvalue weighted by Gasteiger charge is 2.17. The maximum Gasteiger partial charge on any atom is 0.0519 e. The van der Waals surface area contributed by atoms with Gasteiger partial charge in [0.15, 0.2) is 0 Å². The van der Waals surface area contributed by atoms with Crippen LogP contribution in [0, 0.1) is 5.41 Å². The first kappa shape index (κ1) is 10.7. The summed E-state index contributed by atoms with van der Waals surface area (Å²) in [5.74, 6) is 0. The van der Waals surface area contributed by atoms with Gasteiger partial charge in [-0.05, 0) is 12.8 Å². The Kier molecular flexibility index (Phi) is 5.16. The summed E-state index contributed by atoms with van der Waals surface area (Å²) in [6.45, 7) is 6.60. The van der Waals surface area contributed by atoms with Gasteiger partial charge in [0.05, 0.1) is 6.61 Å². The summed E-state index contributed by atoms with van der Waals surface area (Å²) in [7, 11) is 1.68. The Labute approximate surface area is 68.9 Å². The number of aliphatic hydroxyl groups excluding tert-OH is 1. The van der Waals surface area contributed by atoms with Crippen LogP contribution in [-0.4, -0.2) is 25.4 Å². The summed E-state index contributed by atoms with van der Waals surface area (Å²) in [6.07, 6.45) is 3.71. The molecule has 2 heteroatoms. The van der Waals surface area contributed by atoms with Crippen molar-refractivity contribution in [2.24, 2.45) is 5.41 Å². The van der Waals surface area contributed by atoms with E-state index >= 15 is 0 Å². The third-order valence-corrected chi connectivity index (χ3v) is 1.95. The number of ether oxygens (including phenoxy) is 1. The van der Waals surface area contributed by atoms with E-state index in [0.717, 1.165) is 19.4 Å². The molecule has 0 aromatic carbocycles. The lowest BCUT2D eigenvalue weighted by molar-refractivity contribution is 0.145. The van der Waals surface area contributed by atoms with Gasteiger partial charge in [0.1, 0.15) is 0 Å². The molecule has 0 aromatic heterocycles. The summed E-state index contributed by atoms with van der Waals surface area (Å²) in [6, 6.07) is 0. The van der Waals surface area contributed by atoms with E-state index in [4.69, 9.17) is 9.84 Å². The van der Waals surface area contributed by atoms with E-state index < -0.39 is 0 Å². The van der Waals surface area contributed by atoms with E-state index in [1.165, 1.54) is 0 Å². The molecule has 0 fully saturated rings. The molecular weight excluding hydrogens is 140 g/mol. The summed E-state index contributed by atoms with van der Waals surface area (Å²) in [5, 5.41) is 8.97. The van der Waals surface area contributed by atoms with Gasteiger partial charge in [-0.1, -0.05) is 13.0 Å². The SMILES string of the molecule is C=CC(C)(CO)CCCOC. The summed E-state index contributed by atoms with van der Waals surface area (Å²) >= 11 is 0. The van der Waals surface area contributed by atoms with E-state index in [1.807, 2.05) is 13.0 Å². The first-order valence-electron chi connectivity index (χ1n) is 3.92. The van der Waals surface area contributed by atoms with Crippen LogP contribution in [0.2, 0.25) is 0 Å². The predicted molar refractivity (Wildman–Crippen MR) is 46.5 cm³/mol. The smallest absolute Gasteiger partial charge is 0.0519 e. The molecule has 1 atom stereocenters. The Morgan fingerprint density at radius 1 is 1.64 bits per heavy atom. The molecule has 66 valence electrons. The molecule has 0 aliphatic heterocycles. The van der Waals surface area contributed by atoms with E-state index in [2.05, 4.69) is 6.58 Å². The number of aliphatic hydroxyl groups is 1. The average molecular weight is 158 g/mol. The topological polar surface area (TPSA) is 29.5 Å². The standard InChI is InChI=1S/C9H18O2/c1-4-9(2,8-10)6-5-7-11-3/h4,10H,1,5-8H2,2-3H3. The Morgan fingerprint density at radius 2 is 2.27 bits per heavy atom. The van der Waals surface area contributed by atoms with Crippen LogP contribution in [0.5, 0.6) is 0 Å². The molecule has 0 aliphatic carbocycles.